The van der Waals surface area contributed by atoms with Gasteiger partial charge >= 0.3 is 0 Å². The van der Waals surface area contributed by atoms with E-state index in [1.54, 1.807) is 13.8 Å². The Morgan fingerprint density at radius 1 is 1.45 bits per heavy atom. The van der Waals surface area contributed by atoms with Crippen molar-refractivity contribution in [3.05, 3.63) is 11.9 Å². The van der Waals surface area contributed by atoms with Gasteiger partial charge in [-0.2, -0.15) is 0 Å². The zero-order chi connectivity index (χ0) is 8.48. The van der Waals surface area contributed by atoms with Crippen LogP contribution in [0.3, 0.4) is 0 Å². The summed E-state index contributed by atoms with van der Waals surface area (Å²) in [7, 11) is 0. The Morgan fingerprint density at radius 2 is 2.09 bits per heavy atom. The molecular weight excluding hydrogens is 144 g/mol. The highest BCUT2D eigenvalue weighted by Gasteiger charge is 2.18. The number of hydrogen-bond acceptors (Lipinski definition) is 5. The molecule has 0 aliphatic rings. The molecule has 5 nitrogen and oxygen atoms in total. The van der Waals surface area contributed by atoms with Gasteiger partial charge in [0.05, 0.1) is 6.20 Å². The van der Waals surface area contributed by atoms with Crippen molar-refractivity contribution in [3.8, 4) is 0 Å². The molecule has 0 unspecified atom stereocenters. The number of nitrogens with two attached hydrogens (primary N) is 1. The Hall–Kier alpha value is -1.23. The molecule has 60 valence electrons. The summed E-state index contributed by atoms with van der Waals surface area (Å²) in [5.41, 5.74) is 4.61. The van der Waals surface area contributed by atoms with Gasteiger partial charge in [-0.1, -0.05) is 0 Å². The molecule has 0 aliphatic carbocycles. The number of nitrogens with zero attached hydrogens (tertiary/aromatic N) is 3. The third-order valence-electron chi connectivity index (χ3n) is 1.21. The molecule has 0 spiro atoms. The molecule has 0 radical (unpaired) electrons. The second kappa shape index (κ2) is 2.43. The van der Waals surface area contributed by atoms with E-state index < -0.39 is 5.60 Å². The molecule has 0 saturated heterocycles. The smallest absolute Gasteiger partial charge is 0.240 e. The van der Waals surface area contributed by atoms with Crippen molar-refractivity contribution in [3.63, 3.8) is 0 Å². The van der Waals surface area contributed by atoms with Gasteiger partial charge in [-0.05, 0) is 13.8 Å². The zero-order valence-corrected chi connectivity index (χ0v) is 6.44. The Kier molecular flexibility index (Phi) is 1.74. The maximum absolute atomic E-state index is 9.40. The SMILES string of the molecule is CC(C)(O)c1cnc(N)nn1. The highest BCUT2D eigenvalue weighted by molar-refractivity contribution is 5.13. The van der Waals surface area contributed by atoms with Gasteiger partial charge in [0.15, 0.2) is 0 Å². The van der Waals surface area contributed by atoms with Crippen LogP contribution in [0, 0.1) is 0 Å². The molecule has 0 aromatic carbocycles. The van der Waals surface area contributed by atoms with Gasteiger partial charge in [0.25, 0.3) is 0 Å². The molecular formula is C6H10N4O. The number of aliphatic hydroxyl groups is 1. The molecule has 11 heavy (non-hydrogen) atoms. The van der Waals surface area contributed by atoms with E-state index in [-0.39, 0.29) is 5.95 Å². The van der Waals surface area contributed by atoms with Crippen molar-refractivity contribution in [1.29, 1.82) is 0 Å². The number of hydrogen-bond donors (Lipinski definition) is 2. The number of aromatic nitrogens is 3. The standard InChI is InChI=1S/C6H10N4O/c1-6(2,11)4-3-8-5(7)10-9-4/h3,11H,1-2H3,(H2,7,8,10). The lowest BCUT2D eigenvalue weighted by Gasteiger charge is -2.14. The third kappa shape index (κ3) is 1.84. The molecule has 1 aromatic heterocycles. The molecule has 0 atom stereocenters. The quantitative estimate of drug-likeness (QED) is 0.579. The predicted octanol–water partition coefficient (Wildman–Crippen LogP) is -0.319. The minimum absolute atomic E-state index is 0.109. The zero-order valence-electron chi connectivity index (χ0n) is 6.44. The van der Waals surface area contributed by atoms with Gasteiger partial charge in [0.1, 0.15) is 11.3 Å². The van der Waals surface area contributed by atoms with Gasteiger partial charge in [-0.3, -0.25) is 0 Å². The van der Waals surface area contributed by atoms with E-state index in [1.807, 2.05) is 0 Å². The Labute approximate surface area is 64.3 Å². The van der Waals surface area contributed by atoms with E-state index in [0.29, 0.717) is 5.69 Å². The van der Waals surface area contributed by atoms with Crippen LogP contribution in [0.4, 0.5) is 5.95 Å². The minimum atomic E-state index is -1.01. The normalized spacial score (nSPS) is 11.5. The largest absolute Gasteiger partial charge is 0.384 e. The lowest BCUT2D eigenvalue weighted by Crippen LogP contribution is -2.19. The highest BCUT2D eigenvalue weighted by atomic mass is 16.3. The van der Waals surface area contributed by atoms with Gasteiger partial charge in [-0.15, -0.1) is 10.2 Å². The number of rotatable bonds is 1. The molecule has 1 aromatic rings. The first-order valence-electron chi connectivity index (χ1n) is 3.18. The Morgan fingerprint density at radius 3 is 2.45 bits per heavy atom. The van der Waals surface area contributed by atoms with Gasteiger partial charge in [-0.25, -0.2) is 4.98 Å². The molecule has 0 fully saturated rings. The van der Waals surface area contributed by atoms with Crippen LogP contribution < -0.4 is 5.73 Å². The molecule has 5 heteroatoms. The van der Waals surface area contributed by atoms with Gasteiger partial charge in [0, 0.05) is 0 Å². The average Bonchev–Trinajstić information content (AvgIpc) is 1.86. The Balaban J connectivity index is 2.99. The first-order valence-corrected chi connectivity index (χ1v) is 3.18. The maximum atomic E-state index is 9.40. The van der Waals surface area contributed by atoms with E-state index in [4.69, 9.17) is 5.73 Å². The molecule has 0 amide bonds. The van der Waals surface area contributed by atoms with Crippen LogP contribution in [0.1, 0.15) is 19.5 Å². The maximum Gasteiger partial charge on any atom is 0.240 e. The fourth-order valence-corrected chi connectivity index (χ4v) is 0.564. The van der Waals surface area contributed by atoms with Crippen molar-refractivity contribution in [2.75, 3.05) is 5.73 Å². The lowest BCUT2D eigenvalue weighted by molar-refractivity contribution is 0.0724. The summed E-state index contributed by atoms with van der Waals surface area (Å²) < 4.78 is 0. The second-order valence-electron chi connectivity index (χ2n) is 2.76. The van der Waals surface area contributed by atoms with E-state index in [0.717, 1.165) is 0 Å². The van der Waals surface area contributed by atoms with Gasteiger partial charge < -0.3 is 10.8 Å². The number of anilines is 1. The molecule has 0 aliphatic heterocycles. The third-order valence-corrected chi connectivity index (χ3v) is 1.21. The summed E-state index contributed by atoms with van der Waals surface area (Å²) in [6, 6.07) is 0. The molecule has 0 saturated carbocycles. The van der Waals surface area contributed by atoms with Crippen LogP contribution in [-0.4, -0.2) is 20.3 Å². The predicted molar refractivity (Wildman–Crippen MR) is 39.5 cm³/mol. The number of nitrogen functional groups attached to an aromatic ring is 1. The molecule has 1 rings (SSSR count). The summed E-state index contributed by atoms with van der Waals surface area (Å²) in [6.07, 6.45) is 1.41. The van der Waals surface area contributed by atoms with E-state index >= 15 is 0 Å². The first-order chi connectivity index (χ1) is 5.00. The average molecular weight is 154 g/mol. The van der Waals surface area contributed by atoms with E-state index in [2.05, 4.69) is 15.2 Å². The van der Waals surface area contributed by atoms with E-state index in [1.165, 1.54) is 6.20 Å². The lowest BCUT2D eigenvalue weighted by atomic mass is 10.1. The fraction of sp³-hybridized carbons (Fsp3) is 0.500. The topological polar surface area (TPSA) is 84.9 Å². The molecule has 3 N–H and O–H groups in total. The molecule has 1 heterocycles. The van der Waals surface area contributed by atoms with Crippen molar-refractivity contribution >= 4 is 5.95 Å². The van der Waals surface area contributed by atoms with Crippen LogP contribution in [0.5, 0.6) is 0 Å². The summed E-state index contributed by atoms with van der Waals surface area (Å²) in [5.74, 6) is 0.109. The van der Waals surface area contributed by atoms with Crippen LogP contribution >= 0.6 is 0 Å². The van der Waals surface area contributed by atoms with Crippen molar-refractivity contribution in [1.82, 2.24) is 15.2 Å². The monoisotopic (exact) mass is 154 g/mol. The Bertz CT molecular complexity index is 238. The van der Waals surface area contributed by atoms with Crippen LogP contribution in [0.15, 0.2) is 6.20 Å². The molecule has 0 bridgehead atoms. The first kappa shape index (κ1) is 7.87. The van der Waals surface area contributed by atoms with Gasteiger partial charge in [0.2, 0.25) is 5.95 Å². The summed E-state index contributed by atoms with van der Waals surface area (Å²) in [6.45, 7) is 3.21. The highest BCUT2D eigenvalue weighted by Crippen LogP contribution is 2.14. The van der Waals surface area contributed by atoms with Crippen LogP contribution in [0.25, 0.3) is 0 Å². The minimum Gasteiger partial charge on any atom is -0.384 e. The second-order valence-corrected chi connectivity index (χ2v) is 2.76. The van der Waals surface area contributed by atoms with Crippen LogP contribution in [0.2, 0.25) is 0 Å². The van der Waals surface area contributed by atoms with Crippen molar-refractivity contribution in [2.45, 2.75) is 19.4 Å². The van der Waals surface area contributed by atoms with Crippen molar-refractivity contribution in [2.24, 2.45) is 0 Å². The fourth-order valence-electron chi connectivity index (χ4n) is 0.564. The summed E-state index contributed by atoms with van der Waals surface area (Å²) >= 11 is 0. The summed E-state index contributed by atoms with van der Waals surface area (Å²) in [5, 5.41) is 16.6. The van der Waals surface area contributed by atoms with E-state index in [9.17, 15) is 5.11 Å². The van der Waals surface area contributed by atoms with Crippen LogP contribution in [-0.2, 0) is 5.60 Å². The van der Waals surface area contributed by atoms with Crippen molar-refractivity contribution < 1.29 is 5.11 Å². The summed E-state index contributed by atoms with van der Waals surface area (Å²) in [4.78, 5) is 3.69.